The monoisotopic (exact) mass is 352 g/mol. The maximum Gasteiger partial charge on any atom is 0.166 e. The summed E-state index contributed by atoms with van der Waals surface area (Å²) in [5.74, 6) is 1.92. The molecule has 1 aromatic heterocycles. The number of benzene rings is 2. The van der Waals surface area contributed by atoms with Crippen LogP contribution in [0.15, 0.2) is 54.6 Å². The number of carbonyl (C=O) groups excluding carboxylic acids is 1. The van der Waals surface area contributed by atoms with E-state index in [1.165, 1.54) is 0 Å². The smallest absolute Gasteiger partial charge is 0.166 e. The number of pyridine rings is 1. The zero-order valence-corrected chi connectivity index (χ0v) is 15.1. The lowest BCUT2D eigenvalue weighted by molar-refractivity contribution is 0.112. The van der Waals surface area contributed by atoms with Gasteiger partial charge in [0, 0.05) is 10.9 Å². The van der Waals surface area contributed by atoms with Crippen molar-refractivity contribution in [1.82, 2.24) is 4.98 Å². The topological polar surface area (TPSA) is 74.4 Å². The Bertz CT molecular complexity index is 832. The number of hydrogen-bond acceptors (Lipinski definition) is 5. The number of unbranched alkanes of at least 4 members (excludes halogenated alkanes) is 1. The summed E-state index contributed by atoms with van der Waals surface area (Å²) in [6.07, 6.45) is 2.95. The summed E-state index contributed by atoms with van der Waals surface area (Å²) in [6, 6.07) is 16.8. The number of aldehydes is 1. The standard InChI is InChI=1S/C13H16N2O.C8H8O2/c1-2-3-8-16-12-9-10-6-4-5-7-11(10)15-13(12)14;1-10-8-4-2-7(6-9)3-5-8/h4-7,9H,2-3,8H2,1H3,(H2,14,15);2-6H,1H3. The average molecular weight is 352 g/mol. The zero-order valence-electron chi connectivity index (χ0n) is 15.1. The first-order valence-corrected chi connectivity index (χ1v) is 8.55. The van der Waals surface area contributed by atoms with Crippen molar-refractivity contribution < 1.29 is 14.3 Å². The van der Waals surface area contributed by atoms with E-state index in [9.17, 15) is 4.79 Å². The lowest BCUT2D eigenvalue weighted by Crippen LogP contribution is -2.01. The second kappa shape index (κ2) is 10.0. The molecular formula is C21H24N2O3. The Kier molecular flexibility index (Phi) is 7.43. The first-order valence-electron chi connectivity index (χ1n) is 8.55. The summed E-state index contributed by atoms with van der Waals surface area (Å²) in [5.41, 5.74) is 7.41. The number of methoxy groups -OCH3 is 1. The third-order valence-corrected chi connectivity index (χ3v) is 3.72. The maximum absolute atomic E-state index is 10.2. The highest BCUT2D eigenvalue weighted by Crippen LogP contribution is 2.24. The molecule has 0 spiro atoms. The zero-order chi connectivity index (χ0) is 18.8. The molecule has 0 amide bonds. The van der Waals surface area contributed by atoms with E-state index >= 15 is 0 Å². The number of anilines is 1. The number of ether oxygens (including phenoxy) is 2. The number of fused-ring (bicyclic) bond motifs is 1. The van der Waals surface area contributed by atoms with Crippen molar-refractivity contribution in [3.63, 3.8) is 0 Å². The van der Waals surface area contributed by atoms with Crippen LogP contribution in [0.4, 0.5) is 5.82 Å². The molecule has 0 saturated heterocycles. The predicted molar refractivity (Wildman–Crippen MR) is 105 cm³/mol. The van der Waals surface area contributed by atoms with Crippen molar-refractivity contribution in [1.29, 1.82) is 0 Å². The molecule has 0 saturated carbocycles. The Balaban J connectivity index is 0.000000209. The van der Waals surface area contributed by atoms with Gasteiger partial charge >= 0.3 is 0 Å². The molecule has 0 aliphatic rings. The van der Waals surface area contributed by atoms with E-state index in [1.807, 2.05) is 30.3 Å². The second-order valence-electron chi connectivity index (χ2n) is 5.66. The fourth-order valence-electron chi connectivity index (χ4n) is 2.24. The van der Waals surface area contributed by atoms with Gasteiger partial charge in [0.2, 0.25) is 0 Å². The molecule has 0 fully saturated rings. The molecule has 26 heavy (non-hydrogen) atoms. The van der Waals surface area contributed by atoms with Gasteiger partial charge < -0.3 is 15.2 Å². The molecule has 1 heterocycles. The Morgan fingerprint density at radius 3 is 2.50 bits per heavy atom. The molecule has 136 valence electrons. The summed E-state index contributed by atoms with van der Waals surface area (Å²) >= 11 is 0. The summed E-state index contributed by atoms with van der Waals surface area (Å²) in [6.45, 7) is 2.83. The highest BCUT2D eigenvalue weighted by atomic mass is 16.5. The first-order chi connectivity index (χ1) is 12.7. The van der Waals surface area contributed by atoms with Crippen LogP contribution in [0.25, 0.3) is 10.9 Å². The number of hydrogen-bond donors (Lipinski definition) is 1. The van der Waals surface area contributed by atoms with E-state index in [-0.39, 0.29) is 0 Å². The Morgan fingerprint density at radius 2 is 1.85 bits per heavy atom. The maximum atomic E-state index is 10.2. The Labute approximate surface area is 153 Å². The lowest BCUT2D eigenvalue weighted by Gasteiger charge is -2.08. The minimum atomic E-state index is 0.467. The SMILES string of the molecule is CCCCOc1cc2ccccc2nc1N.COc1ccc(C=O)cc1. The van der Waals surface area contributed by atoms with E-state index in [1.54, 1.807) is 31.4 Å². The van der Waals surface area contributed by atoms with E-state index in [2.05, 4.69) is 11.9 Å². The third-order valence-electron chi connectivity index (χ3n) is 3.72. The van der Waals surface area contributed by atoms with Gasteiger partial charge in [0.05, 0.1) is 19.2 Å². The molecule has 2 N–H and O–H groups in total. The quantitative estimate of drug-likeness (QED) is 0.522. The lowest BCUT2D eigenvalue weighted by atomic mass is 10.2. The van der Waals surface area contributed by atoms with Crippen molar-refractivity contribution in [2.75, 3.05) is 19.5 Å². The van der Waals surface area contributed by atoms with Crippen LogP contribution in [0.1, 0.15) is 30.1 Å². The Morgan fingerprint density at radius 1 is 1.12 bits per heavy atom. The van der Waals surface area contributed by atoms with E-state index < -0.39 is 0 Å². The highest BCUT2D eigenvalue weighted by Gasteiger charge is 2.04. The van der Waals surface area contributed by atoms with Gasteiger partial charge in [-0.25, -0.2) is 4.98 Å². The van der Waals surface area contributed by atoms with Crippen molar-refractivity contribution >= 4 is 23.0 Å². The van der Waals surface area contributed by atoms with Crippen LogP contribution in [0, 0.1) is 0 Å². The van der Waals surface area contributed by atoms with Gasteiger partial charge in [-0.15, -0.1) is 0 Å². The fourth-order valence-corrected chi connectivity index (χ4v) is 2.24. The average Bonchev–Trinajstić information content (AvgIpc) is 2.69. The normalized spacial score (nSPS) is 9.92. The van der Waals surface area contributed by atoms with Gasteiger partial charge in [-0.1, -0.05) is 31.5 Å². The van der Waals surface area contributed by atoms with E-state index in [0.717, 1.165) is 35.8 Å². The van der Waals surface area contributed by atoms with Crippen LogP contribution in [-0.2, 0) is 0 Å². The van der Waals surface area contributed by atoms with E-state index in [0.29, 0.717) is 23.7 Å². The largest absolute Gasteiger partial charge is 0.497 e. The molecular weight excluding hydrogens is 328 g/mol. The predicted octanol–water partition coefficient (Wildman–Crippen LogP) is 4.50. The van der Waals surface area contributed by atoms with Gasteiger partial charge in [0.15, 0.2) is 11.6 Å². The van der Waals surface area contributed by atoms with Crippen LogP contribution in [0.5, 0.6) is 11.5 Å². The minimum absolute atomic E-state index is 0.467. The fraction of sp³-hybridized carbons (Fsp3) is 0.238. The third kappa shape index (κ3) is 5.48. The summed E-state index contributed by atoms with van der Waals surface area (Å²) in [7, 11) is 1.59. The van der Waals surface area contributed by atoms with Gasteiger partial charge in [-0.2, -0.15) is 0 Å². The van der Waals surface area contributed by atoms with Crippen LogP contribution < -0.4 is 15.2 Å². The van der Waals surface area contributed by atoms with Gasteiger partial charge in [-0.3, -0.25) is 4.79 Å². The summed E-state index contributed by atoms with van der Waals surface area (Å²) < 4.78 is 10.5. The van der Waals surface area contributed by atoms with Gasteiger partial charge in [0.25, 0.3) is 0 Å². The molecule has 0 atom stereocenters. The molecule has 3 rings (SSSR count). The van der Waals surface area contributed by atoms with Gasteiger partial charge in [0.1, 0.15) is 12.0 Å². The van der Waals surface area contributed by atoms with Crippen molar-refractivity contribution in [3.05, 3.63) is 60.2 Å². The molecule has 0 aliphatic heterocycles. The number of para-hydroxylation sites is 1. The molecule has 5 nitrogen and oxygen atoms in total. The summed E-state index contributed by atoms with van der Waals surface area (Å²) in [4.78, 5) is 14.5. The molecule has 3 aromatic rings. The first kappa shape index (κ1) is 19.2. The van der Waals surface area contributed by atoms with Crippen molar-refractivity contribution in [2.45, 2.75) is 19.8 Å². The van der Waals surface area contributed by atoms with Gasteiger partial charge in [-0.05, 0) is 42.8 Å². The van der Waals surface area contributed by atoms with Crippen LogP contribution in [-0.4, -0.2) is 25.0 Å². The van der Waals surface area contributed by atoms with Crippen LogP contribution in [0.3, 0.4) is 0 Å². The molecule has 2 aromatic carbocycles. The molecule has 0 bridgehead atoms. The Hall–Kier alpha value is -3.08. The number of rotatable bonds is 6. The number of aromatic nitrogens is 1. The van der Waals surface area contributed by atoms with Crippen molar-refractivity contribution in [2.24, 2.45) is 0 Å². The van der Waals surface area contributed by atoms with Crippen molar-refractivity contribution in [3.8, 4) is 11.5 Å². The molecule has 0 unspecified atom stereocenters. The summed E-state index contributed by atoms with van der Waals surface area (Å²) in [5, 5.41) is 1.06. The molecule has 0 radical (unpaired) electrons. The highest BCUT2D eigenvalue weighted by molar-refractivity contribution is 5.82. The van der Waals surface area contributed by atoms with E-state index in [4.69, 9.17) is 15.2 Å². The van der Waals surface area contributed by atoms with Crippen LogP contribution >= 0.6 is 0 Å². The number of nitrogens with zero attached hydrogens (tertiary/aromatic N) is 1. The second-order valence-corrected chi connectivity index (χ2v) is 5.66. The number of carbonyl (C=O) groups is 1. The van der Waals surface area contributed by atoms with Crippen LogP contribution in [0.2, 0.25) is 0 Å². The number of nitrogens with two attached hydrogens (primary N) is 1. The minimum Gasteiger partial charge on any atom is -0.497 e. The number of nitrogen functional groups attached to an aromatic ring is 1. The molecule has 5 heteroatoms. The molecule has 0 aliphatic carbocycles.